The smallest absolute Gasteiger partial charge is 0.234 e. The molecule has 4 rings (SSSR count). The van der Waals surface area contributed by atoms with Crippen LogP contribution in [0.1, 0.15) is 24.0 Å². The lowest BCUT2D eigenvalue weighted by Crippen LogP contribution is -2.39. The molecular formula is C27H31NO5. The van der Waals surface area contributed by atoms with Crippen molar-refractivity contribution in [2.24, 2.45) is 17.8 Å². The molecule has 1 aliphatic heterocycles. The van der Waals surface area contributed by atoms with Crippen molar-refractivity contribution in [3.8, 4) is 0 Å². The van der Waals surface area contributed by atoms with E-state index < -0.39 is 23.9 Å². The number of hydrogen-bond donors (Lipinski definition) is 2. The van der Waals surface area contributed by atoms with Gasteiger partial charge >= 0.3 is 0 Å². The van der Waals surface area contributed by atoms with E-state index in [0.717, 1.165) is 16.7 Å². The highest BCUT2D eigenvalue weighted by Crippen LogP contribution is 2.46. The van der Waals surface area contributed by atoms with E-state index in [1.54, 1.807) is 7.11 Å². The Bertz CT molecular complexity index is 1000. The summed E-state index contributed by atoms with van der Waals surface area (Å²) in [5.74, 6) is -2.27. The summed E-state index contributed by atoms with van der Waals surface area (Å²) in [5, 5.41) is 21.5. The number of carbonyl (C=O) groups is 2. The lowest BCUT2D eigenvalue weighted by Gasteiger charge is -2.36. The highest BCUT2D eigenvalue weighted by atomic mass is 16.5. The van der Waals surface area contributed by atoms with Gasteiger partial charge in [-0.05, 0) is 41.5 Å². The third-order valence-corrected chi connectivity index (χ3v) is 6.88. The average Bonchev–Trinajstić information content (AvgIpc) is 3.07. The lowest BCUT2D eigenvalue weighted by atomic mass is 9.68. The summed E-state index contributed by atoms with van der Waals surface area (Å²) in [6, 6.07) is 19.3. The van der Waals surface area contributed by atoms with Crippen LogP contribution in [0.3, 0.4) is 0 Å². The van der Waals surface area contributed by atoms with Gasteiger partial charge in [0.1, 0.15) is 0 Å². The fraction of sp³-hybridized carbons (Fsp3) is 0.407. The van der Waals surface area contributed by atoms with Crippen LogP contribution in [0, 0.1) is 17.8 Å². The molecule has 2 amide bonds. The van der Waals surface area contributed by atoms with Gasteiger partial charge in [-0.2, -0.15) is 0 Å². The number of benzene rings is 2. The number of ether oxygens (including phenoxy) is 1. The second-order valence-electron chi connectivity index (χ2n) is 8.91. The van der Waals surface area contributed by atoms with Crippen LogP contribution in [0.5, 0.6) is 0 Å². The fourth-order valence-electron chi connectivity index (χ4n) is 5.36. The fourth-order valence-corrected chi connectivity index (χ4v) is 5.36. The van der Waals surface area contributed by atoms with Crippen LogP contribution in [0.2, 0.25) is 0 Å². The number of fused-ring (bicyclic) bond motifs is 1. The Morgan fingerprint density at radius 3 is 2.24 bits per heavy atom. The summed E-state index contributed by atoms with van der Waals surface area (Å²) >= 11 is 0. The molecule has 6 nitrogen and oxygen atoms in total. The SMILES string of the molecule is COCC1=C([C@H](O)CCc2ccccc2)[C@H](CO)[C@@H]2C(=O)N(Cc3ccccc3)C(=O)[C@@H]2C1. The van der Waals surface area contributed by atoms with Gasteiger partial charge in [0.25, 0.3) is 0 Å². The summed E-state index contributed by atoms with van der Waals surface area (Å²) in [7, 11) is 1.57. The molecule has 1 fully saturated rings. The molecule has 1 aliphatic carbocycles. The Labute approximate surface area is 194 Å². The van der Waals surface area contributed by atoms with Crippen LogP contribution in [0.25, 0.3) is 0 Å². The Kier molecular flexibility index (Phi) is 7.38. The highest BCUT2D eigenvalue weighted by molar-refractivity contribution is 6.05. The zero-order chi connectivity index (χ0) is 23.4. The molecule has 4 atom stereocenters. The Morgan fingerprint density at radius 2 is 1.64 bits per heavy atom. The lowest BCUT2D eigenvalue weighted by molar-refractivity contribution is -0.140. The number of carbonyl (C=O) groups excluding carboxylic acids is 2. The molecule has 2 aromatic rings. The third-order valence-electron chi connectivity index (χ3n) is 6.88. The van der Waals surface area contributed by atoms with Crippen molar-refractivity contribution >= 4 is 11.8 Å². The summed E-state index contributed by atoms with van der Waals surface area (Å²) < 4.78 is 5.39. The van der Waals surface area contributed by atoms with Gasteiger partial charge in [0.15, 0.2) is 0 Å². The number of methoxy groups -OCH3 is 1. The predicted molar refractivity (Wildman–Crippen MR) is 124 cm³/mol. The van der Waals surface area contributed by atoms with Crippen LogP contribution in [-0.4, -0.2) is 53.4 Å². The van der Waals surface area contributed by atoms with E-state index in [2.05, 4.69) is 0 Å². The molecule has 0 saturated carbocycles. The molecular weight excluding hydrogens is 418 g/mol. The number of hydrogen-bond acceptors (Lipinski definition) is 5. The number of aryl methyl sites for hydroxylation is 1. The summed E-state index contributed by atoms with van der Waals surface area (Å²) in [6.07, 6.45) is 0.684. The number of aliphatic hydroxyl groups excluding tert-OH is 2. The molecule has 2 N–H and O–H groups in total. The number of amides is 2. The van der Waals surface area contributed by atoms with E-state index in [1.807, 2.05) is 60.7 Å². The van der Waals surface area contributed by atoms with Crippen molar-refractivity contribution < 1.29 is 24.5 Å². The number of likely N-dealkylation sites (tertiary alicyclic amines) is 1. The van der Waals surface area contributed by atoms with E-state index in [9.17, 15) is 19.8 Å². The third kappa shape index (κ3) is 4.78. The van der Waals surface area contributed by atoms with Crippen molar-refractivity contribution in [3.05, 3.63) is 82.9 Å². The first-order valence-electron chi connectivity index (χ1n) is 11.5. The molecule has 1 saturated heterocycles. The second-order valence-corrected chi connectivity index (χ2v) is 8.91. The number of imide groups is 1. The van der Waals surface area contributed by atoms with Gasteiger partial charge < -0.3 is 14.9 Å². The molecule has 0 bridgehead atoms. The average molecular weight is 450 g/mol. The van der Waals surface area contributed by atoms with E-state index in [4.69, 9.17) is 4.74 Å². The van der Waals surface area contributed by atoms with E-state index in [0.29, 0.717) is 24.8 Å². The topological polar surface area (TPSA) is 87.1 Å². The second kappa shape index (κ2) is 10.4. The number of nitrogens with zero attached hydrogens (tertiary/aromatic N) is 1. The van der Waals surface area contributed by atoms with Gasteiger partial charge in [0, 0.05) is 13.0 Å². The van der Waals surface area contributed by atoms with Gasteiger partial charge in [0.05, 0.1) is 37.7 Å². The van der Waals surface area contributed by atoms with Gasteiger partial charge in [-0.1, -0.05) is 60.7 Å². The van der Waals surface area contributed by atoms with Gasteiger partial charge in [0.2, 0.25) is 11.8 Å². The molecule has 0 spiro atoms. The van der Waals surface area contributed by atoms with Crippen molar-refractivity contribution in [3.63, 3.8) is 0 Å². The first kappa shape index (κ1) is 23.4. The molecule has 0 aromatic heterocycles. The van der Waals surface area contributed by atoms with Crippen LogP contribution < -0.4 is 0 Å². The van der Waals surface area contributed by atoms with Crippen LogP contribution in [0.15, 0.2) is 71.8 Å². The minimum absolute atomic E-state index is 0.210. The first-order chi connectivity index (χ1) is 16.0. The molecule has 174 valence electrons. The first-order valence-corrected chi connectivity index (χ1v) is 11.5. The monoisotopic (exact) mass is 449 g/mol. The normalized spacial score (nSPS) is 23.7. The molecule has 0 radical (unpaired) electrons. The maximum atomic E-state index is 13.4. The highest BCUT2D eigenvalue weighted by Gasteiger charge is 2.54. The zero-order valence-electron chi connectivity index (χ0n) is 18.9. The maximum Gasteiger partial charge on any atom is 0.234 e. The molecule has 0 unspecified atom stereocenters. The minimum Gasteiger partial charge on any atom is -0.396 e. The quantitative estimate of drug-likeness (QED) is 0.454. The van der Waals surface area contributed by atoms with Crippen LogP contribution in [0.4, 0.5) is 0 Å². The van der Waals surface area contributed by atoms with Gasteiger partial charge in [-0.15, -0.1) is 0 Å². The molecule has 1 heterocycles. The van der Waals surface area contributed by atoms with E-state index >= 15 is 0 Å². The largest absolute Gasteiger partial charge is 0.396 e. The summed E-state index contributed by atoms with van der Waals surface area (Å²) in [4.78, 5) is 28.0. The van der Waals surface area contributed by atoms with E-state index in [-0.39, 0.29) is 31.6 Å². The summed E-state index contributed by atoms with van der Waals surface area (Å²) in [6.45, 7) is 0.178. The zero-order valence-corrected chi connectivity index (χ0v) is 18.9. The summed E-state index contributed by atoms with van der Waals surface area (Å²) in [5.41, 5.74) is 3.48. The van der Waals surface area contributed by atoms with Crippen molar-refractivity contribution in [1.82, 2.24) is 4.90 Å². The predicted octanol–water partition coefficient (Wildman–Crippen LogP) is 2.74. The minimum atomic E-state index is -0.820. The number of aliphatic hydroxyl groups is 2. The number of rotatable bonds is 9. The maximum absolute atomic E-state index is 13.4. The van der Waals surface area contributed by atoms with Gasteiger partial charge in [-0.25, -0.2) is 0 Å². The van der Waals surface area contributed by atoms with Crippen molar-refractivity contribution in [1.29, 1.82) is 0 Å². The van der Waals surface area contributed by atoms with Crippen molar-refractivity contribution in [2.45, 2.75) is 31.9 Å². The molecule has 6 heteroatoms. The van der Waals surface area contributed by atoms with Gasteiger partial charge in [-0.3, -0.25) is 14.5 Å². The van der Waals surface area contributed by atoms with E-state index in [1.165, 1.54) is 4.90 Å². The Hall–Kier alpha value is -2.80. The molecule has 2 aliphatic rings. The molecule has 2 aromatic carbocycles. The Balaban J connectivity index is 1.59. The Morgan fingerprint density at radius 1 is 1.00 bits per heavy atom. The van der Waals surface area contributed by atoms with Crippen LogP contribution in [-0.2, 0) is 27.3 Å². The van der Waals surface area contributed by atoms with Crippen molar-refractivity contribution in [2.75, 3.05) is 20.3 Å². The molecule has 33 heavy (non-hydrogen) atoms. The standard InChI is InChI=1S/C27H31NO5/c1-33-17-20-14-21-25(27(32)28(26(21)31)15-19-10-6-3-7-11-19)22(16-29)24(20)23(30)13-12-18-8-4-2-5-9-18/h2-11,21-23,25,29-30H,12-17H2,1H3/t21-,22+,23-,25-/m1/s1. The van der Waals surface area contributed by atoms with Crippen LogP contribution >= 0.6 is 0 Å².